The summed E-state index contributed by atoms with van der Waals surface area (Å²) in [6.07, 6.45) is 0. The van der Waals surface area contributed by atoms with E-state index < -0.39 is 0 Å². The van der Waals surface area contributed by atoms with Crippen molar-refractivity contribution >= 4 is 47.0 Å². The fourth-order valence-corrected chi connectivity index (χ4v) is 2.97. The molecular weight excluding hydrogens is 451 g/mol. The predicted octanol–water partition coefficient (Wildman–Crippen LogP) is 3.97. The molecule has 0 atom stereocenters. The number of guanidine groups is 1. The van der Waals surface area contributed by atoms with Crippen LogP contribution in [0.25, 0.3) is 0 Å². The molecule has 2 N–H and O–H groups in total. The number of hydrogen-bond acceptors (Lipinski definition) is 5. The highest BCUT2D eigenvalue weighted by molar-refractivity contribution is 14.0. The van der Waals surface area contributed by atoms with Crippen LogP contribution in [0.15, 0.2) is 23.2 Å². The molecule has 0 aliphatic heterocycles. The Hall–Kier alpha value is -1.55. The second kappa shape index (κ2) is 10.4. The van der Waals surface area contributed by atoms with E-state index in [2.05, 4.69) is 27.5 Å². The third-order valence-electron chi connectivity index (χ3n) is 3.44. The van der Waals surface area contributed by atoms with E-state index in [-0.39, 0.29) is 24.0 Å². The fourth-order valence-electron chi connectivity index (χ4n) is 2.11. The largest absolute Gasteiger partial charge is 0.493 e. The molecule has 2 aromatic rings. The van der Waals surface area contributed by atoms with Crippen LogP contribution in [0.5, 0.6) is 11.5 Å². The van der Waals surface area contributed by atoms with Crippen molar-refractivity contribution < 1.29 is 9.47 Å². The SMILES string of the molecule is CCNC(=NCc1nc(C)c(C)s1)Nc1ccc(OC)c(OC)c1.I. The standard InChI is InChI=1S/C17H24N4O2S.HI/c1-6-18-17(19-10-16-20-11(2)12(3)24-16)21-13-7-8-14(22-4)15(9-13)23-5;/h7-9H,6,10H2,1-5H3,(H2,18,19,21);1H. The van der Waals surface area contributed by atoms with E-state index in [1.54, 1.807) is 25.6 Å². The maximum absolute atomic E-state index is 5.33. The second-order valence-electron chi connectivity index (χ2n) is 5.14. The first-order chi connectivity index (χ1) is 11.6. The van der Waals surface area contributed by atoms with E-state index in [1.807, 2.05) is 32.0 Å². The quantitative estimate of drug-likeness (QED) is 0.375. The molecule has 0 unspecified atom stereocenters. The number of ether oxygens (including phenoxy) is 2. The number of aromatic nitrogens is 1. The van der Waals surface area contributed by atoms with Crippen molar-refractivity contribution in [3.63, 3.8) is 0 Å². The fraction of sp³-hybridized carbons (Fsp3) is 0.412. The van der Waals surface area contributed by atoms with E-state index in [0.717, 1.165) is 22.9 Å². The predicted molar refractivity (Wildman–Crippen MR) is 115 cm³/mol. The molecule has 1 aromatic heterocycles. The first kappa shape index (κ1) is 21.5. The molecule has 25 heavy (non-hydrogen) atoms. The third kappa shape index (κ3) is 6.03. The number of aliphatic imine (C=N–C) groups is 1. The van der Waals surface area contributed by atoms with Gasteiger partial charge in [0.2, 0.25) is 0 Å². The van der Waals surface area contributed by atoms with Gasteiger partial charge >= 0.3 is 0 Å². The molecule has 0 fully saturated rings. The van der Waals surface area contributed by atoms with Gasteiger partial charge in [-0.2, -0.15) is 0 Å². The second-order valence-corrected chi connectivity index (χ2v) is 6.43. The Morgan fingerprint density at radius 1 is 1.20 bits per heavy atom. The van der Waals surface area contributed by atoms with Crippen molar-refractivity contribution in [2.24, 2.45) is 4.99 Å². The number of anilines is 1. The maximum Gasteiger partial charge on any atom is 0.196 e. The lowest BCUT2D eigenvalue weighted by Crippen LogP contribution is -2.30. The van der Waals surface area contributed by atoms with Crippen LogP contribution in [0.2, 0.25) is 0 Å². The molecule has 6 nitrogen and oxygen atoms in total. The molecule has 0 amide bonds. The lowest BCUT2D eigenvalue weighted by atomic mass is 10.3. The summed E-state index contributed by atoms with van der Waals surface area (Å²) in [6.45, 7) is 7.44. The van der Waals surface area contributed by atoms with Crippen molar-refractivity contribution in [3.05, 3.63) is 33.8 Å². The molecule has 0 bridgehead atoms. The van der Waals surface area contributed by atoms with Crippen molar-refractivity contribution in [1.82, 2.24) is 10.3 Å². The van der Waals surface area contributed by atoms with E-state index >= 15 is 0 Å². The minimum atomic E-state index is 0. The van der Waals surface area contributed by atoms with Crippen LogP contribution in [0.3, 0.4) is 0 Å². The summed E-state index contributed by atoms with van der Waals surface area (Å²) in [6, 6.07) is 5.66. The van der Waals surface area contributed by atoms with E-state index in [0.29, 0.717) is 24.0 Å². The van der Waals surface area contributed by atoms with Gasteiger partial charge in [-0.05, 0) is 32.9 Å². The summed E-state index contributed by atoms with van der Waals surface area (Å²) in [5.41, 5.74) is 1.95. The molecule has 0 aliphatic rings. The number of aryl methyl sites for hydroxylation is 2. The molecule has 138 valence electrons. The van der Waals surface area contributed by atoms with Gasteiger partial charge in [0, 0.05) is 23.2 Å². The summed E-state index contributed by atoms with van der Waals surface area (Å²) in [4.78, 5) is 10.4. The van der Waals surface area contributed by atoms with Gasteiger partial charge in [0.1, 0.15) is 5.01 Å². The van der Waals surface area contributed by atoms with E-state index in [1.165, 1.54) is 4.88 Å². The van der Waals surface area contributed by atoms with Crippen LogP contribution in [-0.4, -0.2) is 31.7 Å². The molecular formula is C17H25IN4O2S. The van der Waals surface area contributed by atoms with Gasteiger partial charge in [-0.15, -0.1) is 35.3 Å². The van der Waals surface area contributed by atoms with Crippen molar-refractivity contribution in [3.8, 4) is 11.5 Å². The molecule has 8 heteroatoms. The summed E-state index contributed by atoms with van der Waals surface area (Å²) in [7, 11) is 3.24. The van der Waals surface area contributed by atoms with Gasteiger partial charge in [-0.1, -0.05) is 0 Å². The highest BCUT2D eigenvalue weighted by atomic mass is 127. The van der Waals surface area contributed by atoms with Gasteiger partial charge in [-0.3, -0.25) is 0 Å². The van der Waals surface area contributed by atoms with E-state index in [4.69, 9.17) is 9.47 Å². The Bertz CT molecular complexity index is 699. The van der Waals surface area contributed by atoms with Crippen molar-refractivity contribution in [1.29, 1.82) is 0 Å². The lowest BCUT2D eigenvalue weighted by Gasteiger charge is -2.13. The zero-order valence-corrected chi connectivity index (χ0v) is 18.3. The molecule has 0 saturated heterocycles. The monoisotopic (exact) mass is 476 g/mol. The number of benzene rings is 1. The number of thiazole rings is 1. The average molecular weight is 476 g/mol. The lowest BCUT2D eigenvalue weighted by molar-refractivity contribution is 0.355. The molecule has 0 aliphatic carbocycles. The molecule has 0 spiro atoms. The van der Waals surface area contributed by atoms with Gasteiger partial charge in [-0.25, -0.2) is 9.98 Å². The highest BCUT2D eigenvalue weighted by Gasteiger charge is 2.07. The number of rotatable bonds is 6. The summed E-state index contributed by atoms with van der Waals surface area (Å²) >= 11 is 1.68. The van der Waals surface area contributed by atoms with Crippen molar-refractivity contribution in [2.45, 2.75) is 27.3 Å². The summed E-state index contributed by atoms with van der Waals surface area (Å²) in [5.74, 6) is 2.07. The van der Waals surface area contributed by atoms with Crippen LogP contribution in [0.4, 0.5) is 5.69 Å². The molecule has 1 heterocycles. The van der Waals surface area contributed by atoms with Gasteiger partial charge < -0.3 is 20.1 Å². The summed E-state index contributed by atoms with van der Waals surface area (Å²) in [5, 5.41) is 7.52. The molecule has 0 saturated carbocycles. The van der Waals surface area contributed by atoms with Crippen LogP contribution < -0.4 is 20.1 Å². The number of nitrogens with one attached hydrogen (secondary N) is 2. The topological polar surface area (TPSA) is 67.8 Å². The minimum absolute atomic E-state index is 0. The number of halogens is 1. The molecule has 1 aromatic carbocycles. The highest BCUT2D eigenvalue weighted by Crippen LogP contribution is 2.29. The number of methoxy groups -OCH3 is 2. The number of nitrogens with zero attached hydrogens (tertiary/aromatic N) is 2. The van der Waals surface area contributed by atoms with Crippen molar-refractivity contribution in [2.75, 3.05) is 26.1 Å². The Labute approximate surface area is 170 Å². The van der Waals surface area contributed by atoms with Crippen LogP contribution in [-0.2, 0) is 6.54 Å². The number of hydrogen-bond donors (Lipinski definition) is 2. The Kier molecular flexibility index (Phi) is 8.98. The van der Waals surface area contributed by atoms with Crippen LogP contribution in [0, 0.1) is 13.8 Å². The van der Waals surface area contributed by atoms with Gasteiger partial charge in [0.25, 0.3) is 0 Å². The molecule has 2 rings (SSSR count). The van der Waals surface area contributed by atoms with Gasteiger partial charge in [0.15, 0.2) is 17.5 Å². The zero-order valence-electron chi connectivity index (χ0n) is 15.2. The Morgan fingerprint density at radius 2 is 1.92 bits per heavy atom. The van der Waals surface area contributed by atoms with Crippen LogP contribution in [0.1, 0.15) is 22.5 Å². The zero-order chi connectivity index (χ0) is 17.5. The Balaban J connectivity index is 0.00000312. The maximum atomic E-state index is 5.33. The average Bonchev–Trinajstić information content (AvgIpc) is 2.91. The van der Waals surface area contributed by atoms with E-state index in [9.17, 15) is 0 Å². The third-order valence-corrected chi connectivity index (χ3v) is 4.49. The summed E-state index contributed by atoms with van der Waals surface area (Å²) < 4.78 is 10.6. The first-order valence-corrected chi connectivity index (χ1v) is 8.59. The minimum Gasteiger partial charge on any atom is -0.493 e. The van der Waals surface area contributed by atoms with Gasteiger partial charge in [0.05, 0.1) is 26.5 Å². The Morgan fingerprint density at radius 3 is 2.48 bits per heavy atom. The first-order valence-electron chi connectivity index (χ1n) is 7.77. The molecule has 0 radical (unpaired) electrons. The van der Waals surface area contributed by atoms with Crippen LogP contribution >= 0.6 is 35.3 Å². The normalized spacial score (nSPS) is 10.8. The smallest absolute Gasteiger partial charge is 0.196 e.